The Morgan fingerprint density at radius 1 is 0.467 bits per heavy atom. The average Bonchev–Trinajstić information content (AvgIpc) is 3.55. The second-order valence-electron chi connectivity index (χ2n) is 11.3. The quantitative estimate of drug-likeness (QED) is 0.0867. The minimum Gasteiger partial charge on any atom is -0.394 e. The fourth-order valence-electron chi connectivity index (χ4n) is 5.65. The average molecular weight is 667 g/mol. The van der Waals surface area contributed by atoms with E-state index in [1.165, 1.54) is 0 Å². The van der Waals surface area contributed by atoms with Crippen molar-refractivity contribution in [1.29, 1.82) is 0 Å². The lowest BCUT2D eigenvalue weighted by Crippen LogP contribution is -2.62. The molecule has 0 saturated carbocycles. The van der Waals surface area contributed by atoms with Crippen molar-refractivity contribution in [3.8, 4) is 0 Å². The Labute approximate surface area is 254 Å². The van der Waals surface area contributed by atoms with E-state index in [1.807, 2.05) is 0 Å². The maximum Gasteiger partial charge on any atom is 0.224 e. The molecule has 4 aliphatic heterocycles. The highest BCUT2D eigenvalue weighted by Gasteiger charge is 2.62. The van der Waals surface area contributed by atoms with Crippen LogP contribution in [0.5, 0.6) is 0 Å². The molecule has 264 valence electrons. The van der Waals surface area contributed by atoms with Crippen LogP contribution in [0.15, 0.2) is 0 Å². The third-order valence-electron chi connectivity index (χ3n) is 8.49. The number of hydrogen-bond acceptors (Lipinski definition) is 21. The van der Waals surface area contributed by atoms with E-state index in [1.54, 1.807) is 0 Å². The molecular weight excluding hydrogens is 624 g/mol. The zero-order valence-corrected chi connectivity index (χ0v) is 23.7. The Morgan fingerprint density at radius 3 is 1.44 bits per heavy atom. The Morgan fingerprint density at radius 2 is 0.933 bits per heavy atom. The van der Waals surface area contributed by atoms with Gasteiger partial charge in [0.15, 0.2) is 6.29 Å². The van der Waals surface area contributed by atoms with Gasteiger partial charge >= 0.3 is 0 Å². The van der Waals surface area contributed by atoms with Crippen molar-refractivity contribution in [3.63, 3.8) is 0 Å². The summed E-state index contributed by atoms with van der Waals surface area (Å²) >= 11 is 0. The summed E-state index contributed by atoms with van der Waals surface area (Å²) in [4.78, 5) is 0. The zero-order chi connectivity index (χ0) is 33.5. The molecule has 4 rings (SSSR count). The SMILES string of the molecule is OC[C@H]1O[C@@](CO)(OC[C@@]2(OC[C@H]3O[C@@](CO)(O[C@H]4O[C@H](CO)[C@@H](O)[C@H](O)[C@H]4O)[C@@H](O)[C@@H]3O)O[C@H](CO)[C@@H](O)[C@@H]2O)[C@@H](O)[C@@H]1O. The first-order chi connectivity index (χ1) is 21.2. The highest BCUT2D eigenvalue weighted by Crippen LogP contribution is 2.40. The van der Waals surface area contributed by atoms with Crippen molar-refractivity contribution in [2.75, 3.05) is 46.2 Å². The highest BCUT2D eigenvalue weighted by molar-refractivity contribution is 5.02. The van der Waals surface area contributed by atoms with Crippen molar-refractivity contribution in [1.82, 2.24) is 0 Å². The van der Waals surface area contributed by atoms with Crippen LogP contribution in [0.25, 0.3) is 0 Å². The molecule has 21 nitrogen and oxygen atoms in total. The van der Waals surface area contributed by atoms with Crippen molar-refractivity contribution in [2.24, 2.45) is 0 Å². The van der Waals surface area contributed by atoms with E-state index in [0.717, 1.165) is 0 Å². The van der Waals surface area contributed by atoms with Gasteiger partial charge in [-0.3, -0.25) is 0 Å². The fraction of sp³-hybridized carbons (Fsp3) is 1.00. The molecule has 17 atom stereocenters. The molecule has 4 aliphatic rings. The van der Waals surface area contributed by atoms with Gasteiger partial charge < -0.3 is 105 Å². The summed E-state index contributed by atoms with van der Waals surface area (Å²) < 4.78 is 38.2. The van der Waals surface area contributed by atoms with E-state index < -0.39 is 149 Å². The van der Waals surface area contributed by atoms with Gasteiger partial charge in [0.2, 0.25) is 17.4 Å². The van der Waals surface area contributed by atoms with Crippen molar-refractivity contribution >= 4 is 0 Å². The van der Waals surface area contributed by atoms with E-state index >= 15 is 0 Å². The van der Waals surface area contributed by atoms with Gasteiger partial charge in [-0.25, -0.2) is 0 Å². The standard InChI is InChI=1S/C24H42O21/c25-1-8-12(30)16(34)17(35)21(41-8)45-23(6-29)19(37)15(33)11(44-23)4-39-24(20(38)14(32)10(3-27)43-24)7-40-22(5-28)18(36)13(31)9(2-26)42-22/h8-21,25-38H,1-7H2/t8-,9-,10-,11-,12-,13-,14-,15-,16+,17-,18+,19+,20+,21-,22-,23+,24-/m1/s1. The summed E-state index contributed by atoms with van der Waals surface area (Å²) in [5.74, 6) is -7.43. The zero-order valence-electron chi connectivity index (χ0n) is 23.7. The van der Waals surface area contributed by atoms with E-state index in [9.17, 15) is 71.5 Å². The molecule has 21 heteroatoms. The Kier molecular flexibility index (Phi) is 11.8. The summed E-state index contributed by atoms with van der Waals surface area (Å²) in [7, 11) is 0. The highest BCUT2D eigenvalue weighted by atomic mass is 16.8. The van der Waals surface area contributed by atoms with Crippen molar-refractivity contribution in [2.45, 2.75) is 103 Å². The van der Waals surface area contributed by atoms with Gasteiger partial charge in [0.25, 0.3) is 0 Å². The lowest BCUT2D eigenvalue weighted by Gasteiger charge is -2.43. The molecule has 0 spiro atoms. The maximum absolute atomic E-state index is 10.9. The molecule has 0 aromatic carbocycles. The smallest absolute Gasteiger partial charge is 0.224 e. The Balaban J connectivity index is 1.52. The van der Waals surface area contributed by atoms with Crippen LogP contribution in [0.2, 0.25) is 0 Å². The first-order valence-electron chi connectivity index (χ1n) is 14.0. The molecule has 0 aromatic rings. The number of rotatable bonds is 13. The summed E-state index contributed by atoms with van der Waals surface area (Å²) in [6, 6.07) is 0. The minimum absolute atomic E-state index is 0.785. The normalized spacial score (nSPS) is 52.1. The molecule has 0 radical (unpaired) electrons. The molecule has 0 unspecified atom stereocenters. The van der Waals surface area contributed by atoms with Gasteiger partial charge in [0, 0.05) is 0 Å². The second-order valence-corrected chi connectivity index (χ2v) is 11.3. The Hall–Kier alpha value is -0.840. The number of aliphatic hydroxyl groups is 14. The van der Waals surface area contributed by atoms with Crippen LogP contribution in [0, 0.1) is 0 Å². The summed E-state index contributed by atoms with van der Waals surface area (Å²) in [5.41, 5.74) is 0. The van der Waals surface area contributed by atoms with E-state index in [4.69, 9.17) is 33.2 Å². The van der Waals surface area contributed by atoms with Crippen LogP contribution in [-0.2, 0) is 33.2 Å². The third-order valence-corrected chi connectivity index (χ3v) is 8.49. The molecular formula is C24H42O21. The van der Waals surface area contributed by atoms with Crippen LogP contribution >= 0.6 is 0 Å². The fourth-order valence-corrected chi connectivity index (χ4v) is 5.65. The first kappa shape index (κ1) is 37.0. The Bertz CT molecular complexity index is 962. The minimum atomic E-state index is -2.56. The van der Waals surface area contributed by atoms with Gasteiger partial charge in [-0.05, 0) is 0 Å². The molecule has 4 saturated heterocycles. The largest absolute Gasteiger partial charge is 0.394 e. The van der Waals surface area contributed by atoms with Gasteiger partial charge in [-0.2, -0.15) is 0 Å². The van der Waals surface area contributed by atoms with Crippen molar-refractivity contribution in [3.05, 3.63) is 0 Å². The lowest BCUT2D eigenvalue weighted by molar-refractivity contribution is -0.386. The maximum atomic E-state index is 10.9. The van der Waals surface area contributed by atoms with Crippen LogP contribution in [0.3, 0.4) is 0 Å². The second kappa shape index (κ2) is 14.3. The number of aliphatic hydroxyl groups excluding tert-OH is 14. The van der Waals surface area contributed by atoms with Gasteiger partial charge in [0.1, 0.15) is 99.2 Å². The van der Waals surface area contributed by atoms with Crippen LogP contribution in [-0.4, -0.2) is 221 Å². The van der Waals surface area contributed by atoms with E-state index in [-0.39, 0.29) is 0 Å². The molecule has 0 amide bonds. The molecule has 0 aromatic heterocycles. The predicted molar refractivity (Wildman–Crippen MR) is 134 cm³/mol. The molecule has 4 heterocycles. The van der Waals surface area contributed by atoms with Gasteiger partial charge in [-0.1, -0.05) is 0 Å². The topological polar surface area (TPSA) is 348 Å². The van der Waals surface area contributed by atoms with E-state index in [0.29, 0.717) is 0 Å². The lowest BCUT2D eigenvalue weighted by atomic mass is 9.99. The molecule has 0 aliphatic carbocycles. The van der Waals surface area contributed by atoms with Gasteiger partial charge in [-0.15, -0.1) is 0 Å². The van der Waals surface area contributed by atoms with Crippen LogP contribution in [0.4, 0.5) is 0 Å². The summed E-state index contributed by atoms with van der Waals surface area (Å²) in [6.45, 7) is -6.61. The summed E-state index contributed by atoms with van der Waals surface area (Å²) in [6.07, 6.45) is -25.1. The van der Waals surface area contributed by atoms with Crippen LogP contribution in [0.1, 0.15) is 0 Å². The number of hydrogen-bond donors (Lipinski definition) is 14. The monoisotopic (exact) mass is 666 g/mol. The molecule has 14 N–H and O–H groups in total. The first-order valence-corrected chi connectivity index (χ1v) is 14.0. The van der Waals surface area contributed by atoms with Crippen molar-refractivity contribution < 1.29 is 105 Å². The summed E-state index contributed by atoms with van der Waals surface area (Å²) in [5, 5.41) is 142. The van der Waals surface area contributed by atoms with E-state index in [2.05, 4.69) is 0 Å². The predicted octanol–water partition coefficient (Wildman–Crippen LogP) is -9.74. The molecule has 4 fully saturated rings. The third kappa shape index (κ3) is 6.49. The van der Waals surface area contributed by atoms with Gasteiger partial charge in [0.05, 0.1) is 26.4 Å². The number of ether oxygens (including phenoxy) is 7. The molecule has 45 heavy (non-hydrogen) atoms. The molecule has 0 bridgehead atoms. The van der Waals surface area contributed by atoms with Crippen LogP contribution < -0.4 is 0 Å².